The Kier molecular flexibility index (Phi) is 32.8. The first-order valence-corrected chi connectivity index (χ1v) is 31.0. The maximum atomic E-state index is 14.5. The number of piperazine rings is 1. The Hall–Kier alpha value is -7.16. The smallest absolute Gasteiger partial charge is 0.411 e. The molecule has 0 saturated carbocycles. The number of carbonyl (C=O) groups excluding carboxylic acids is 12. The molecule has 10 amide bonds. The minimum absolute atomic E-state index is 0.0121. The van der Waals surface area contributed by atoms with Gasteiger partial charge in [-0.3, -0.25) is 52.8 Å². The number of hydrogen-bond acceptors (Lipinski definition) is 17. The third-order valence-corrected chi connectivity index (χ3v) is 16.2. The summed E-state index contributed by atoms with van der Waals surface area (Å²) in [6, 6.07) is 2.89. The van der Waals surface area contributed by atoms with Crippen molar-refractivity contribution in [1.82, 2.24) is 40.4 Å². The molecule has 1 aromatic rings. The minimum atomic E-state index is -1.48. The molecule has 0 aromatic heterocycles. The van der Waals surface area contributed by atoms with E-state index in [-0.39, 0.29) is 143 Å². The van der Waals surface area contributed by atoms with Crippen LogP contribution in [-0.2, 0) is 66.9 Å². The third kappa shape index (κ3) is 25.0. The van der Waals surface area contributed by atoms with Crippen LogP contribution in [0.1, 0.15) is 125 Å². The quantitative estimate of drug-likeness (QED) is 0.0462. The van der Waals surface area contributed by atoms with Crippen molar-refractivity contribution >= 4 is 76.5 Å². The summed E-state index contributed by atoms with van der Waals surface area (Å²) in [6.45, 7) is 18.8. The average Bonchev–Trinajstić information content (AvgIpc) is 4.01. The van der Waals surface area contributed by atoms with Crippen molar-refractivity contribution in [1.29, 1.82) is 0 Å². The first-order chi connectivity index (χ1) is 42.0. The van der Waals surface area contributed by atoms with Crippen molar-refractivity contribution in [2.24, 2.45) is 41.2 Å². The van der Waals surface area contributed by atoms with Crippen LogP contribution >= 0.6 is 0 Å². The van der Waals surface area contributed by atoms with Gasteiger partial charge in [0.25, 0.3) is 17.7 Å². The average molecular weight is 1250 g/mol. The van der Waals surface area contributed by atoms with Gasteiger partial charge >= 0.3 is 12.1 Å². The number of nitrogens with one attached hydrogen (secondary N) is 4. The summed E-state index contributed by atoms with van der Waals surface area (Å²) in [5.41, 5.74) is 5.84. The van der Waals surface area contributed by atoms with E-state index in [9.17, 15) is 57.5 Å². The van der Waals surface area contributed by atoms with E-state index in [1.807, 2.05) is 34.7 Å². The van der Waals surface area contributed by atoms with Crippen LogP contribution in [0.5, 0.6) is 0 Å². The number of benzene rings is 1. The summed E-state index contributed by atoms with van der Waals surface area (Å²) in [7, 11) is 6.54. The van der Waals surface area contributed by atoms with Crippen molar-refractivity contribution in [3.8, 4) is 0 Å². The number of nitrogens with two attached hydrogens (primary N) is 1. The van der Waals surface area contributed by atoms with E-state index in [2.05, 4.69) is 26.2 Å². The number of likely N-dealkylation sites (N-methyl/N-ethyl adjacent to an activating group) is 3. The Balaban J connectivity index is 1.73. The number of anilines is 1. The normalized spacial score (nSPS) is 16.2. The lowest BCUT2D eigenvalue weighted by atomic mass is 9.83. The maximum absolute atomic E-state index is 14.5. The second kappa shape index (κ2) is 38.4. The van der Waals surface area contributed by atoms with Crippen LogP contribution in [-0.4, -0.2) is 220 Å². The molecule has 1 unspecified atom stereocenters. The van der Waals surface area contributed by atoms with E-state index in [4.69, 9.17) is 24.7 Å². The van der Waals surface area contributed by atoms with Crippen LogP contribution in [0.25, 0.3) is 0 Å². The molecule has 0 aliphatic carbocycles. The fourth-order valence-corrected chi connectivity index (χ4v) is 10.8. The van der Waals surface area contributed by atoms with Crippen LogP contribution in [0.15, 0.2) is 36.4 Å². The highest BCUT2D eigenvalue weighted by molar-refractivity contribution is 6.13. The Bertz CT molecular complexity index is 2570. The highest BCUT2D eigenvalue weighted by Crippen LogP contribution is 2.30. The summed E-state index contributed by atoms with van der Waals surface area (Å²) >= 11 is 0. The molecular formula is C63H100N10O16. The van der Waals surface area contributed by atoms with Crippen molar-refractivity contribution in [2.45, 2.75) is 144 Å². The van der Waals surface area contributed by atoms with Gasteiger partial charge in [-0.25, -0.2) is 9.59 Å². The second-order valence-electron chi connectivity index (χ2n) is 24.2. The monoisotopic (exact) mass is 1250 g/mol. The summed E-state index contributed by atoms with van der Waals surface area (Å²) in [4.78, 5) is 166. The van der Waals surface area contributed by atoms with Gasteiger partial charge in [-0.15, -0.1) is 0 Å². The number of imide groups is 1. The molecule has 6 N–H and O–H groups in total. The van der Waals surface area contributed by atoms with Gasteiger partial charge in [0.15, 0.2) is 11.6 Å². The molecule has 8 atom stereocenters. The molecule has 89 heavy (non-hydrogen) atoms. The molecule has 1 fully saturated rings. The van der Waals surface area contributed by atoms with E-state index in [1.54, 1.807) is 44.5 Å². The van der Waals surface area contributed by atoms with Gasteiger partial charge < -0.3 is 65.5 Å². The number of carbonyl (C=O) groups is 12. The van der Waals surface area contributed by atoms with E-state index >= 15 is 0 Å². The molecule has 2 heterocycles. The molecule has 0 spiro atoms. The SMILES string of the molecule is CC[C@H](C)[C@@H]([C@@H](CC(C)=O)OC)N(C)C(=O)[C@@H](CC(=O)[C@H](C(C)C)N(C)C(=O)OC(C(=O)N1CCN(C)CC1)c1ccc(NC(=O)[C@H](CCCNC(N)=O)CC(=O)[C@@H](NC(=O)CCOCCOCCNC(=O)CCN2C(=O)C=CC2=O)C(C)C)cc1)C(C)C. The molecule has 0 bridgehead atoms. The van der Waals surface area contributed by atoms with Gasteiger partial charge in [0.2, 0.25) is 29.7 Å². The number of ether oxygens (including phenoxy) is 4. The lowest BCUT2D eigenvalue weighted by molar-refractivity contribution is -0.146. The van der Waals surface area contributed by atoms with Crippen LogP contribution in [0.2, 0.25) is 0 Å². The fraction of sp³-hybridized carbons (Fsp3) is 0.683. The number of Topliss-reactive ketones (excluding diaryl/α,β-unsaturated/α-hetero) is 3. The van der Waals surface area contributed by atoms with E-state index in [1.165, 1.54) is 50.2 Å². The van der Waals surface area contributed by atoms with Crippen molar-refractivity contribution in [3.05, 3.63) is 42.0 Å². The van der Waals surface area contributed by atoms with Crippen LogP contribution in [0.3, 0.4) is 0 Å². The first kappa shape index (κ1) is 76.1. The molecule has 1 aromatic carbocycles. The van der Waals surface area contributed by atoms with Crippen LogP contribution < -0.4 is 27.0 Å². The number of ketones is 3. The standard InChI is InChI=1S/C63H100N10O16/c1-14-42(8)57(50(86-13)36-43(9)74)70(11)60(82)47(39(2)3)38-49(76)56(41(6)7)71(12)63(85)89-58(61(83)72-30-28-69(10)29-31-72)44-17-19-46(20-18-44)67-59(81)45(16-15-25-66-62(64)84)37-48(75)55(40(4)5)68-52(78)24-32-87-34-35-88-33-26-65-51(77)23-27-73-53(79)21-22-54(73)80/h17-22,39-42,45,47,50,55-58H,14-16,23-38H2,1-13H3,(H,65,77)(H,67,81)(H,68,78)(H3,64,66,84)/t42-,45+,47-,50+,55-,56-,57-,58?/m0/s1. The highest BCUT2D eigenvalue weighted by atomic mass is 16.6. The fourth-order valence-electron chi connectivity index (χ4n) is 10.8. The Labute approximate surface area is 524 Å². The number of primary amides is 1. The lowest BCUT2D eigenvalue weighted by Crippen LogP contribution is -2.53. The molecular weight excluding hydrogens is 1150 g/mol. The van der Waals surface area contributed by atoms with E-state index in [0.29, 0.717) is 32.6 Å². The van der Waals surface area contributed by atoms with Gasteiger partial charge in [-0.05, 0) is 62.6 Å². The predicted molar refractivity (Wildman–Crippen MR) is 331 cm³/mol. The summed E-state index contributed by atoms with van der Waals surface area (Å²) in [5, 5.41) is 10.8. The summed E-state index contributed by atoms with van der Waals surface area (Å²) < 4.78 is 22.9. The Morgan fingerprint density at radius 2 is 1.33 bits per heavy atom. The summed E-state index contributed by atoms with van der Waals surface area (Å²) in [6.07, 6.45) is -0.0876. The third-order valence-electron chi connectivity index (χ3n) is 16.2. The number of rotatable bonds is 40. The summed E-state index contributed by atoms with van der Waals surface area (Å²) in [5.74, 6) is -6.80. The van der Waals surface area contributed by atoms with Gasteiger partial charge in [0.1, 0.15) is 5.78 Å². The Morgan fingerprint density at radius 1 is 0.708 bits per heavy atom. The Morgan fingerprint density at radius 3 is 1.88 bits per heavy atom. The van der Waals surface area contributed by atoms with E-state index < -0.39 is 95.5 Å². The minimum Gasteiger partial charge on any atom is -0.431 e. The largest absolute Gasteiger partial charge is 0.431 e. The molecule has 2 aliphatic heterocycles. The number of hydrogen-bond donors (Lipinski definition) is 5. The number of urea groups is 1. The zero-order chi connectivity index (χ0) is 66.7. The van der Waals surface area contributed by atoms with Gasteiger partial charge in [0, 0.05) is 134 Å². The first-order valence-electron chi connectivity index (χ1n) is 31.0. The maximum Gasteiger partial charge on any atom is 0.411 e. The molecule has 26 heteroatoms. The van der Waals surface area contributed by atoms with Crippen molar-refractivity contribution < 1.29 is 76.5 Å². The lowest BCUT2D eigenvalue weighted by Gasteiger charge is -2.40. The zero-order valence-electron chi connectivity index (χ0n) is 54.6. The topological polar surface area (TPSA) is 332 Å². The molecule has 2 aliphatic rings. The molecule has 3 rings (SSSR count). The van der Waals surface area contributed by atoms with Crippen molar-refractivity contribution in [3.63, 3.8) is 0 Å². The number of methoxy groups -OCH3 is 1. The predicted octanol–water partition coefficient (Wildman–Crippen LogP) is 3.65. The van der Waals surface area contributed by atoms with Gasteiger partial charge in [0.05, 0.1) is 50.7 Å². The van der Waals surface area contributed by atoms with E-state index in [0.717, 1.165) is 17.1 Å². The zero-order valence-corrected chi connectivity index (χ0v) is 54.6. The molecule has 498 valence electrons. The molecule has 1 saturated heterocycles. The van der Waals surface area contributed by atoms with Crippen molar-refractivity contribution in [2.75, 3.05) is 106 Å². The van der Waals surface area contributed by atoms with Gasteiger partial charge in [-0.1, -0.05) is 73.9 Å². The number of amides is 10. The van der Waals surface area contributed by atoms with Crippen LogP contribution in [0, 0.1) is 35.5 Å². The number of nitrogens with zero attached hydrogens (tertiary/aromatic N) is 5. The second-order valence-corrected chi connectivity index (χ2v) is 24.2. The molecule has 0 radical (unpaired) electrons. The van der Waals surface area contributed by atoms with Gasteiger partial charge in [-0.2, -0.15) is 0 Å². The van der Waals surface area contributed by atoms with Crippen LogP contribution in [0.4, 0.5) is 15.3 Å². The highest BCUT2D eigenvalue weighted by Gasteiger charge is 2.41. The molecule has 26 nitrogen and oxygen atoms in total.